The van der Waals surface area contributed by atoms with Crippen molar-refractivity contribution in [3.63, 3.8) is 0 Å². The number of hydrogen-bond acceptors (Lipinski definition) is 4. The van der Waals surface area contributed by atoms with Gasteiger partial charge >= 0.3 is 5.69 Å². The second-order valence-corrected chi connectivity index (χ2v) is 8.08. The molecule has 1 atom stereocenters. The topological polar surface area (TPSA) is 101 Å². The molecule has 0 bridgehead atoms. The van der Waals surface area contributed by atoms with Gasteiger partial charge in [0.2, 0.25) is 11.8 Å². The lowest BCUT2D eigenvalue weighted by molar-refractivity contribution is -0.133. The zero-order valence-corrected chi connectivity index (χ0v) is 17.8. The highest BCUT2D eigenvalue weighted by Gasteiger charge is 2.27. The van der Waals surface area contributed by atoms with Crippen LogP contribution in [0.3, 0.4) is 0 Å². The Morgan fingerprint density at radius 2 is 1.68 bits per heavy atom. The van der Waals surface area contributed by atoms with Crippen LogP contribution in [-0.4, -0.2) is 63.8 Å². The Morgan fingerprint density at radius 3 is 2.39 bits per heavy atom. The molecule has 1 aliphatic heterocycles. The number of fused-ring (bicyclic) bond motifs is 1. The Hall–Kier alpha value is -3.39. The fourth-order valence-corrected chi connectivity index (χ4v) is 3.87. The molecule has 0 radical (unpaired) electrons. The van der Waals surface area contributed by atoms with Crippen LogP contribution in [0, 0.1) is 6.92 Å². The lowest BCUT2D eigenvalue weighted by Crippen LogP contribution is -2.54. The molecule has 1 saturated heterocycles. The largest absolute Gasteiger partial charge is 0.340 e. The predicted molar refractivity (Wildman–Crippen MR) is 120 cm³/mol. The van der Waals surface area contributed by atoms with Gasteiger partial charge in [-0.3, -0.25) is 14.5 Å². The first-order chi connectivity index (χ1) is 14.9. The number of aromatic nitrogens is 2. The average molecular weight is 422 g/mol. The minimum atomic E-state index is -0.324. The van der Waals surface area contributed by atoms with Gasteiger partial charge in [0.05, 0.1) is 23.5 Å². The molecule has 1 unspecified atom stereocenters. The Balaban J connectivity index is 1.30. The van der Waals surface area contributed by atoms with E-state index in [0.717, 1.165) is 5.56 Å². The van der Waals surface area contributed by atoms with Crippen molar-refractivity contribution in [2.75, 3.05) is 31.5 Å². The van der Waals surface area contributed by atoms with Gasteiger partial charge in [0.15, 0.2) is 0 Å². The molecule has 0 saturated carbocycles. The van der Waals surface area contributed by atoms with Crippen LogP contribution in [0.15, 0.2) is 47.3 Å². The van der Waals surface area contributed by atoms with Crippen molar-refractivity contribution < 1.29 is 9.59 Å². The minimum Gasteiger partial charge on any atom is -0.340 e. The first-order valence-electron chi connectivity index (χ1n) is 10.5. The number of nitrogens with zero attached hydrogens (tertiary/aromatic N) is 2. The van der Waals surface area contributed by atoms with Crippen LogP contribution in [0.25, 0.3) is 11.0 Å². The van der Waals surface area contributed by atoms with Crippen molar-refractivity contribution in [3.8, 4) is 0 Å². The monoisotopic (exact) mass is 421 g/mol. The van der Waals surface area contributed by atoms with E-state index in [-0.39, 0.29) is 23.5 Å². The second-order valence-electron chi connectivity index (χ2n) is 8.08. The predicted octanol–water partition coefficient (Wildman–Crippen LogP) is 1.88. The maximum atomic E-state index is 12.7. The molecular formula is C23H27N5O3. The van der Waals surface area contributed by atoms with Crippen LogP contribution < -0.4 is 11.0 Å². The van der Waals surface area contributed by atoms with Crippen LogP contribution in [0.4, 0.5) is 5.69 Å². The fourth-order valence-electron chi connectivity index (χ4n) is 3.87. The highest BCUT2D eigenvalue weighted by molar-refractivity contribution is 5.96. The smallest absolute Gasteiger partial charge is 0.323 e. The molecule has 8 nitrogen and oxygen atoms in total. The Labute approximate surface area is 180 Å². The summed E-state index contributed by atoms with van der Waals surface area (Å²) in [5.74, 6) is 0.00562. The van der Waals surface area contributed by atoms with E-state index in [1.54, 1.807) is 18.2 Å². The number of aromatic amines is 2. The number of H-pyrrole nitrogens is 2. The first-order valence-corrected chi connectivity index (χ1v) is 10.5. The van der Waals surface area contributed by atoms with E-state index in [1.165, 1.54) is 5.56 Å². The van der Waals surface area contributed by atoms with Gasteiger partial charge in [-0.05, 0) is 37.6 Å². The van der Waals surface area contributed by atoms with Crippen LogP contribution in [0.2, 0.25) is 0 Å². The lowest BCUT2D eigenvalue weighted by Gasteiger charge is -2.37. The zero-order valence-electron chi connectivity index (χ0n) is 17.8. The number of amides is 2. The summed E-state index contributed by atoms with van der Waals surface area (Å²) in [6.45, 7) is 6.42. The van der Waals surface area contributed by atoms with Gasteiger partial charge in [0.25, 0.3) is 0 Å². The molecular weight excluding hydrogens is 394 g/mol. The Bertz CT molecular complexity index is 1140. The summed E-state index contributed by atoms with van der Waals surface area (Å²) in [5, 5.41) is 2.91. The number of imidazole rings is 1. The number of nitrogens with one attached hydrogen (secondary N) is 3. The summed E-state index contributed by atoms with van der Waals surface area (Å²) in [5.41, 5.74) is 3.90. The number of carbonyl (C=O) groups excluding carboxylic acids is 2. The zero-order chi connectivity index (χ0) is 22.0. The third-order valence-corrected chi connectivity index (χ3v) is 5.85. The van der Waals surface area contributed by atoms with E-state index >= 15 is 0 Å². The standard InChI is InChI=1S/C23H27N5O3/c1-15-3-5-17(6-4-15)13-21(29)28-11-9-27(10-12-28)16(2)22(30)24-18-7-8-19-20(14-18)26-23(31)25-19/h3-8,14,16H,9-13H2,1-2H3,(H,24,30)(H2,25,26,31). The van der Waals surface area contributed by atoms with E-state index in [4.69, 9.17) is 0 Å². The van der Waals surface area contributed by atoms with E-state index in [2.05, 4.69) is 20.2 Å². The summed E-state index contributed by atoms with van der Waals surface area (Å²) >= 11 is 0. The van der Waals surface area contributed by atoms with Crippen LogP contribution in [-0.2, 0) is 16.0 Å². The van der Waals surface area contributed by atoms with Gasteiger partial charge in [-0.1, -0.05) is 29.8 Å². The Morgan fingerprint density at radius 1 is 1.00 bits per heavy atom. The van der Waals surface area contributed by atoms with E-state index < -0.39 is 0 Å². The molecule has 2 aromatic carbocycles. The molecule has 3 N–H and O–H groups in total. The summed E-state index contributed by atoms with van der Waals surface area (Å²) in [6.07, 6.45) is 0.403. The van der Waals surface area contributed by atoms with Crippen molar-refractivity contribution in [2.45, 2.75) is 26.3 Å². The maximum Gasteiger partial charge on any atom is 0.323 e. The van der Waals surface area contributed by atoms with Crippen LogP contribution >= 0.6 is 0 Å². The Kier molecular flexibility index (Phi) is 5.90. The van der Waals surface area contributed by atoms with Crippen molar-refractivity contribution in [1.29, 1.82) is 0 Å². The van der Waals surface area contributed by atoms with Gasteiger partial charge in [0, 0.05) is 31.9 Å². The number of benzene rings is 2. The SMILES string of the molecule is Cc1ccc(CC(=O)N2CCN(C(C)C(=O)Nc3ccc4[nH]c(=O)[nH]c4c3)CC2)cc1. The fraction of sp³-hybridized carbons (Fsp3) is 0.348. The maximum absolute atomic E-state index is 12.7. The molecule has 0 spiro atoms. The number of aryl methyl sites for hydroxylation is 1. The number of hydrogen-bond donors (Lipinski definition) is 3. The molecule has 162 valence electrons. The molecule has 31 heavy (non-hydrogen) atoms. The van der Waals surface area contributed by atoms with E-state index in [1.807, 2.05) is 43.0 Å². The molecule has 1 aliphatic rings. The van der Waals surface area contributed by atoms with E-state index in [0.29, 0.717) is 49.3 Å². The molecule has 2 amide bonds. The van der Waals surface area contributed by atoms with Gasteiger partial charge in [-0.2, -0.15) is 0 Å². The molecule has 0 aliphatic carbocycles. The van der Waals surface area contributed by atoms with E-state index in [9.17, 15) is 14.4 Å². The quantitative estimate of drug-likeness (QED) is 0.585. The molecule has 1 fully saturated rings. The molecule has 8 heteroatoms. The third-order valence-electron chi connectivity index (χ3n) is 5.85. The second kappa shape index (κ2) is 8.77. The molecule has 2 heterocycles. The van der Waals surface area contributed by atoms with Gasteiger partial charge < -0.3 is 20.2 Å². The van der Waals surface area contributed by atoms with Crippen molar-refractivity contribution in [1.82, 2.24) is 19.8 Å². The van der Waals surface area contributed by atoms with Crippen LogP contribution in [0.1, 0.15) is 18.1 Å². The van der Waals surface area contributed by atoms with Crippen molar-refractivity contribution in [2.24, 2.45) is 0 Å². The van der Waals surface area contributed by atoms with Gasteiger partial charge in [0.1, 0.15) is 0 Å². The summed E-state index contributed by atoms with van der Waals surface area (Å²) in [7, 11) is 0. The van der Waals surface area contributed by atoms with Crippen LogP contribution in [0.5, 0.6) is 0 Å². The van der Waals surface area contributed by atoms with Gasteiger partial charge in [-0.25, -0.2) is 4.79 Å². The highest BCUT2D eigenvalue weighted by Crippen LogP contribution is 2.16. The lowest BCUT2D eigenvalue weighted by atomic mass is 10.1. The number of carbonyl (C=O) groups is 2. The molecule has 4 rings (SSSR count). The van der Waals surface area contributed by atoms with Crippen molar-refractivity contribution >= 4 is 28.5 Å². The molecule has 1 aromatic heterocycles. The third kappa shape index (κ3) is 4.86. The number of rotatable bonds is 5. The first kappa shape index (κ1) is 20.9. The normalized spacial score (nSPS) is 15.7. The molecule has 3 aromatic rings. The highest BCUT2D eigenvalue weighted by atomic mass is 16.2. The number of piperazine rings is 1. The summed E-state index contributed by atoms with van der Waals surface area (Å²) in [6, 6.07) is 13.0. The van der Waals surface area contributed by atoms with Crippen molar-refractivity contribution in [3.05, 3.63) is 64.1 Å². The van der Waals surface area contributed by atoms with Gasteiger partial charge in [-0.15, -0.1) is 0 Å². The average Bonchev–Trinajstić information content (AvgIpc) is 3.14. The summed E-state index contributed by atoms with van der Waals surface area (Å²) in [4.78, 5) is 46.1. The summed E-state index contributed by atoms with van der Waals surface area (Å²) < 4.78 is 0. The number of anilines is 1. The minimum absolute atomic E-state index is 0.114.